The predicted molar refractivity (Wildman–Crippen MR) is 135 cm³/mol. The normalized spacial score (nSPS) is 33.1. The van der Waals surface area contributed by atoms with Crippen LogP contribution >= 0.6 is 11.3 Å². The van der Waals surface area contributed by atoms with Crippen molar-refractivity contribution >= 4 is 53.9 Å². The summed E-state index contributed by atoms with van der Waals surface area (Å²) < 4.78 is 55.7. The van der Waals surface area contributed by atoms with E-state index >= 15 is 0 Å². The Balaban J connectivity index is 1.32. The predicted octanol–water partition coefficient (Wildman–Crippen LogP) is 1.94. The first-order chi connectivity index (χ1) is 17.0. The maximum absolute atomic E-state index is 13.8. The average Bonchev–Trinajstić information content (AvgIpc) is 3.47. The molecule has 10 nitrogen and oxygen atoms in total. The number of rotatable bonds is 7. The zero-order chi connectivity index (χ0) is 25.4. The number of anilines is 1. The Morgan fingerprint density at radius 1 is 1.19 bits per heavy atom. The molecule has 13 heteroatoms. The Kier molecular flexibility index (Phi) is 5.86. The minimum atomic E-state index is -4.23. The highest BCUT2D eigenvalue weighted by atomic mass is 32.2. The average molecular weight is 555 g/mol. The van der Waals surface area contributed by atoms with Gasteiger partial charge in [0, 0.05) is 30.6 Å². The standard InChI is InChI=1S/C23H30N4O6S3/c1-35(30,31)24-10-15-11-34-22-20(15)36(32,33)26-21(25-22)17-19(28)16-13-5-6-14(9-13)18(16)27(23(17)29)8-7-12-3-2-4-12/h11-14,16-18,24H,2-10H2,1H3,(H,25,26)/t13-,14+,16+,17?,18-/m0/s1. The highest BCUT2D eigenvalue weighted by molar-refractivity contribution is 7.91. The quantitative estimate of drug-likeness (QED) is 0.491. The molecule has 2 N–H and O–H groups in total. The van der Waals surface area contributed by atoms with Gasteiger partial charge in [0.25, 0.3) is 10.0 Å². The van der Waals surface area contributed by atoms with Crippen molar-refractivity contribution < 1.29 is 26.4 Å². The third-order valence-electron chi connectivity index (χ3n) is 8.71. The number of likely N-dealkylation sites (tertiary alicyclic amines) is 1. The number of hydrogen-bond acceptors (Lipinski definition) is 8. The number of fused-ring (bicyclic) bond motifs is 6. The Labute approximate surface area is 215 Å². The van der Waals surface area contributed by atoms with Crippen LogP contribution in [0.2, 0.25) is 0 Å². The molecule has 5 atom stereocenters. The molecule has 0 aromatic carbocycles. The van der Waals surface area contributed by atoms with Gasteiger partial charge in [-0.3, -0.25) is 9.59 Å². The highest BCUT2D eigenvalue weighted by Crippen LogP contribution is 2.54. The van der Waals surface area contributed by atoms with Gasteiger partial charge in [0.1, 0.15) is 15.7 Å². The van der Waals surface area contributed by atoms with Crippen LogP contribution in [0.15, 0.2) is 14.7 Å². The zero-order valence-corrected chi connectivity index (χ0v) is 22.4. The van der Waals surface area contributed by atoms with Crippen molar-refractivity contribution in [3.8, 4) is 0 Å². The van der Waals surface area contributed by atoms with Gasteiger partial charge >= 0.3 is 0 Å². The Hall–Kier alpha value is -1.83. The van der Waals surface area contributed by atoms with Crippen LogP contribution in [-0.2, 0) is 36.2 Å². The summed E-state index contributed by atoms with van der Waals surface area (Å²) >= 11 is 1.09. The van der Waals surface area contributed by atoms with E-state index in [2.05, 4.69) is 14.4 Å². The number of hydrogen-bond donors (Lipinski definition) is 2. The first-order valence-corrected chi connectivity index (χ1v) is 16.8. The van der Waals surface area contributed by atoms with E-state index in [9.17, 15) is 26.4 Å². The molecule has 4 fully saturated rings. The summed E-state index contributed by atoms with van der Waals surface area (Å²) in [5.74, 6) is -1.00. The molecule has 1 amide bonds. The lowest BCUT2D eigenvalue weighted by atomic mass is 9.72. The number of Topliss-reactive ketones (excluding diaryl/α,β-unsaturated/α-hetero) is 1. The molecule has 3 heterocycles. The van der Waals surface area contributed by atoms with E-state index in [0.717, 1.165) is 43.3 Å². The van der Waals surface area contributed by atoms with Crippen molar-refractivity contribution in [1.29, 1.82) is 0 Å². The van der Waals surface area contributed by atoms with Crippen molar-refractivity contribution in [2.24, 2.45) is 34.0 Å². The van der Waals surface area contributed by atoms with Crippen LogP contribution in [0.25, 0.3) is 0 Å². The summed E-state index contributed by atoms with van der Waals surface area (Å²) in [6, 6.07) is -0.0770. The van der Waals surface area contributed by atoms with E-state index in [1.807, 2.05) is 4.90 Å². The van der Waals surface area contributed by atoms with Crippen LogP contribution in [0.3, 0.4) is 0 Å². The third-order valence-corrected chi connectivity index (χ3v) is 11.9. The van der Waals surface area contributed by atoms with Gasteiger partial charge in [-0.05, 0) is 48.8 Å². The van der Waals surface area contributed by atoms with Gasteiger partial charge in [-0.1, -0.05) is 19.3 Å². The maximum atomic E-state index is 13.8. The van der Waals surface area contributed by atoms with Crippen molar-refractivity contribution in [2.75, 3.05) is 18.1 Å². The van der Waals surface area contributed by atoms with Crippen molar-refractivity contribution in [2.45, 2.75) is 62.4 Å². The fourth-order valence-electron chi connectivity index (χ4n) is 6.87. The van der Waals surface area contributed by atoms with Crippen LogP contribution in [0.4, 0.5) is 5.00 Å². The maximum Gasteiger partial charge on any atom is 0.287 e. The highest BCUT2D eigenvalue weighted by Gasteiger charge is 2.60. The molecule has 36 heavy (non-hydrogen) atoms. The molecule has 1 unspecified atom stereocenters. The molecule has 3 aliphatic carbocycles. The molecule has 0 spiro atoms. The SMILES string of the molecule is CS(=O)(=O)NCc1csc2c1S(=O)(=O)N=C(C1C(=O)[C@@H]3[C@H]4CC[C@H](C4)[C@@H]3N(CCC3CCC3)C1=O)N2. The molecule has 3 saturated carbocycles. The Bertz CT molecular complexity index is 1360. The van der Waals surface area contributed by atoms with Crippen molar-refractivity contribution in [1.82, 2.24) is 9.62 Å². The van der Waals surface area contributed by atoms with Gasteiger partial charge in [-0.25, -0.2) is 13.1 Å². The lowest BCUT2D eigenvalue weighted by Crippen LogP contribution is -2.62. The number of carbonyl (C=O) groups excluding carboxylic acids is 2. The van der Waals surface area contributed by atoms with E-state index in [1.54, 1.807) is 5.38 Å². The number of nitrogens with zero attached hydrogens (tertiary/aromatic N) is 2. The second-order valence-electron chi connectivity index (χ2n) is 10.9. The Morgan fingerprint density at radius 3 is 2.64 bits per heavy atom. The second kappa shape index (κ2) is 8.60. The molecule has 0 radical (unpaired) electrons. The van der Waals surface area contributed by atoms with Gasteiger partial charge in [0.2, 0.25) is 15.9 Å². The monoisotopic (exact) mass is 554 g/mol. The van der Waals surface area contributed by atoms with Crippen LogP contribution in [0, 0.1) is 29.6 Å². The number of sulfonamides is 2. The largest absolute Gasteiger partial charge is 0.338 e. The van der Waals surface area contributed by atoms with Gasteiger partial charge in [-0.15, -0.1) is 15.7 Å². The number of ketones is 1. The van der Waals surface area contributed by atoms with E-state index in [4.69, 9.17) is 0 Å². The molecular formula is C23H30N4O6S3. The number of amidine groups is 1. The number of thiophene rings is 1. The first kappa shape index (κ1) is 24.5. The summed E-state index contributed by atoms with van der Waals surface area (Å²) in [5, 5.41) is 4.78. The summed E-state index contributed by atoms with van der Waals surface area (Å²) in [7, 11) is -7.76. The van der Waals surface area contributed by atoms with Crippen LogP contribution in [-0.4, -0.2) is 58.1 Å². The second-order valence-corrected chi connectivity index (χ2v) is 15.1. The summed E-state index contributed by atoms with van der Waals surface area (Å²) in [5.41, 5.74) is 0.271. The lowest BCUT2D eigenvalue weighted by molar-refractivity contribution is -0.152. The van der Waals surface area contributed by atoms with Gasteiger partial charge in [0.15, 0.2) is 11.7 Å². The summed E-state index contributed by atoms with van der Waals surface area (Å²) in [4.78, 5) is 29.4. The third kappa shape index (κ3) is 4.02. The molecule has 2 aliphatic heterocycles. The number of amides is 1. The van der Waals surface area contributed by atoms with Crippen molar-refractivity contribution in [3.63, 3.8) is 0 Å². The molecule has 1 saturated heterocycles. The van der Waals surface area contributed by atoms with E-state index < -0.39 is 26.0 Å². The zero-order valence-electron chi connectivity index (χ0n) is 20.0. The number of carbonyl (C=O) groups is 2. The minimum absolute atomic E-state index is 0.0770. The summed E-state index contributed by atoms with van der Waals surface area (Å²) in [6.45, 7) is 0.406. The molecule has 1 aromatic heterocycles. The van der Waals surface area contributed by atoms with Crippen molar-refractivity contribution in [3.05, 3.63) is 10.9 Å². The molecular weight excluding hydrogens is 524 g/mol. The minimum Gasteiger partial charge on any atom is -0.338 e. The fraction of sp³-hybridized carbons (Fsp3) is 0.696. The summed E-state index contributed by atoms with van der Waals surface area (Å²) in [6.07, 6.45) is 8.44. The van der Waals surface area contributed by atoms with Gasteiger partial charge < -0.3 is 10.2 Å². The number of piperidine rings is 1. The van der Waals surface area contributed by atoms with E-state index in [1.165, 1.54) is 19.3 Å². The lowest BCUT2D eigenvalue weighted by Gasteiger charge is -2.46. The van der Waals surface area contributed by atoms with Gasteiger partial charge in [0.05, 0.1) is 6.26 Å². The van der Waals surface area contributed by atoms with Crippen LogP contribution < -0.4 is 10.0 Å². The van der Waals surface area contributed by atoms with E-state index in [0.29, 0.717) is 18.4 Å². The molecule has 6 rings (SSSR count). The molecule has 196 valence electrons. The van der Waals surface area contributed by atoms with Crippen LogP contribution in [0.5, 0.6) is 0 Å². The van der Waals surface area contributed by atoms with Crippen LogP contribution in [0.1, 0.15) is 50.5 Å². The van der Waals surface area contributed by atoms with E-state index in [-0.39, 0.29) is 57.4 Å². The first-order valence-electron chi connectivity index (χ1n) is 12.5. The molecule has 1 aromatic rings. The molecule has 2 bridgehead atoms. The van der Waals surface area contributed by atoms with Gasteiger partial charge in [-0.2, -0.15) is 8.42 Å². The Morgan fingerprint density at radius 2 is 1.94 bits per heavy atom. The number of nitrogens with one attached hydrogen (secondary N) is 2. The fourth-order valence-corrected chi connectivity index (χ4v) is 9.94. The molecule has 5 aliphatic rings. The smallest absolute Gasteiger partial charge is 0.287 e. The topological polar surface area (TPSA) is 142 Å².